The number of hydrogen-bond acceptors (Lipinski definition) is 3. The van der Waals surface area contributed by atoms with Crippen LogP contribution < -0.4 is 0 Å². The van der Waals surface area contributed by atoms with Crippen LogP contribution in [-0.2, 0) is 14.4 Å². The van der Waals surface area contributed by atoms with E-state index in [1.54, 1.807) is 6.92 Å². The van der Waals surface area contributed by atoms with Crippen LogP contribution in [0.25, 0.3) is 0 Å². The van der Waals surface area contributed by atoms with Crippen molar-refractivity contribution in [2.24, 2.45) is 34.5 Å². The molecule has 130 valence electrons. The standard InChI is InChI=1S/C21H28O3/c1-12(22)15-4-5-16-14-11-19(24)18-10-13(23)6-8-21(18,3)17(14)7-9-20(15,16)2/h7,14-16,18H,4-6,8-11H2,1-3H3. The summed E-state index contributed by atoms with van der Waals surface area (Å²) in [7, 11) is 0. The first kappa shape index (κ1) is 16.2. The van der Waals surface area contributed by atoms with E-state index in [0.29, 0.717) is 42.7 Å². The predicted octanol–water partition coefficient (Wildman–Crippen LogP) is 3.90. The number of fused-ring (bicyclic) bond motifs is 5. The Bertz CT molecular complexity index is 660. The summed E-state index contributed by atoms with van der Waals surface area (Å²) < 4.78 is 0. The molecule has 4 rings (SSSR count). The lowest BCUT2D eigenvalue weighted by Gasteiger charge is -2.55. The van der Waals surface area contributed by atoms with Crippen LogP contribution in [0.3, 0.4) is 0 Å². The molecular formula is C21H28O3. The van der Waals surface area contributed by atoms with Crippen molar-refractivity contribution in [3.8, 4) is 0 Å². The average Bonchev–Trinajstić information content (AvgIpc) is 2.87. The van der Waals surface area contributed by atoms with Gasteiger partial charge in [-0.15, -0.1) is 0 Å². The number of rotatable bonds is 1. The molecule has 0 heterocycles. The number of Topliss-reactive ketones (excluding diaryl/α,β-unsaturated/α-hetero) is 3. The van der Waals surface area contributed by atoms with Gasteiger partial charge in [-0.3, -0.25) is 14.4 Å². The highest BCUT2D eigenvalue weighted by atomic mass is 16.1. The third-order valence-electron chi connectivity index (χ3n) is 8.14. The van der Waals surface area contributed by atoms with Gasteiger partial charge in [-0.2, -0.15) is 0 Å². The zero-order valence-corrected chi connectivity index (χ0v) is 15.1. The average molecular weight is 328 g/mol. The Balaban J connectivity index is 1.75. The van der Waals surface area contributed by atoms with Crippen LogP contribution in [0.15, 0.2) is 11.6 Å². The van der Waals surface area contributed by atoms with Crippen molar-refractivity contribution in [3.05, 3.63) is 11.6 Å². The molecule has 0 aromatic carbocycles. The predicted molar refractivity (Wildman–Crippen MR) is 91.3 cm³/mol. The van der Waals surface area contributed by atoms with Gasteiger partial charge >= 0.3 is 0 Å². The maximum absolute atomic E-state index is 12.9. The molecule has 0 saturated heterocycles. The van der Waals surface area contributed by atoms with Gasteiger partial charge in [0.25, 0.3) is 0 Å². The minimum atomic E-state index is -0.121. The summed E-state index contributed by atoms with van der Waals surface area (Å²) in [5.74, 6) is 1.66. The third kappa shape index (κ3) is 1.99. The van der Waals surface area contributed by atoms with E-state index in [2.05, 4.69) is 19.9 Å². The molecule has 4 aliphatic carbocycles. The van der Waals surface area contributed by atoms with Gasteiger partial charge in [0.05, 0.1) is 0 Å². The molecule has 3 saturated carbocycles. The fourth-order valence-electron chi connectivity index (χ4n) is 6.80. The van der Waals surface area contributed by atoms with Crippen LogP contribution in [0.1, 0.15) is 65.7 Å². The SMILES string of the molecule is CC(=O)C1CCC2C3CC(=O)C4CC(=O)CCC4(C)C3=CCC12C. The molecule has 3 nitrogen and oxygen atoms in total. The van der Waals surface area contributed by atoms with Crippen LogP contribution in [-0.4, -0.2) is 17.3 Å². The van der Waals surface area contributed by atoms with Gasteiger partial charge in [0.1, 0.15) is 17.3 Å². The van der Waals surface area contributed by atoms with E-state index in [1.807, 2.05) is 0 Å². The Morgan fingerprint density at radius 2 is 1.92 bits per heavy atom. The van der Waals surface area contributed by atoms with E-state index in [-0.39, 0.29) is 28.4 Å². The Labute approximate surface area is 144 Å². The van der Waals surface area contributed by atoms with Gasteiger partial charge in [-0.05, 0) is 55.3 Å². The minimum Gasteiger partial charge on any atom is -0.300 e. The van der Waals surface area contributed by atoms with Crippen LogP contribution in [0.5, 0.6) is 0 Å². The Kier molecular flexibility index (Phi) is 3.47. The molecule has 24 heavy (non-hydrogen) atoms. The van der Waals surface area contributed by atoms with E-state index in [1.165, 1.54) is 5.57 Å². The molecular weight excluding hydrogens is 300 g/mol. The maximum atomic E-state index is 12.9. The highest BCUT2D eigenvalue weighted by Gasteiger charge is 2.59. The van der Waals surface area contributed by atoms with Gasteiger partial charge in [0.15, 0.2) is 0 Å². The quantitative estimate of drug-likeness (QED) is 0.686. The van der Waals surface area contributed by atoms with Crippen LogP contribution in [0.2, 0.25) is 0 Å². The van der Waals surface area contributed by atoms with Crippen LogP contribution >= 0.6 is 0 Å². The molecule has 4 aliphatic rings. The summed E-state index contributed by atoms with van der Waals surface area (Å²) in [6.07, 6.45) is 7.83. The number of carbonyl (C=O) groups is 3. The zero-order chi connectivity index (χ0) is 17.3. The summed E-state index contributed by atoms with van der Waals surface area (Å²) in [6, 6.07) is 0. The molecule has 0 bridgehead atoms. The van der Waals surface area contributed by atoms with Gasteiger partial charge in [-0.1, -0.05) is 25.5 Å². The van der Waals surface area contributed by atoms with E-state index < -0.39 is 0 Å². The highest BCUT2D eigenvalue weighted by Crippen LogP contribution is 2.64. The molecule has 0 aromatic heterocycles. The van der Waals surface area contributed by atoms with E-state index in [4.69, 9.17) is 0 Å². The first-order valence-electron chi connectivity index (χ1n) is 9.53. The van der Waals surface area contributed by atoms with E-state index in [0.717, 1.165) is 25.7 Å². The summed E-state index contributed by atoms with van der Waals surface area (Å²) in [5.41, 5.74) is 1.35. The van der Waals surface area contributed by atoms with Gasteiger partial charge < -0.3 is 0 Å². The minimum absolute atomic E-state index is 0.0218. The Morgan fingerprint density at radius 1 is 1.17 bits per heavy atom. The second-order valence-corrected chi connectivity index (χ2v) is 9.21. The Morgan fingerprint density at radius 3 is 2.62 bits per heavy atom. The van der Waals surface area contributed by atoms with Gasteiger partial charge in [0.2, 0.25) is 0 Å². The van der Waals surface area contributed by atoms with Crippen molar-refractivity contribution in [2.45, 2.75) is 65.7 Å². The zero-order valence-electron chi connectivity index (χ0n) is 15.1. The van der Waals surface area contributed by atoms with Gasteiger partial charge in [0, 0.05) is 31.1 Å². The topological polar surface area (TPSA) is 51.2 Å². The lowest BCUT2D eigenvalue weighted by atomic mass is 9.48. The van der Waals surface area contributed by atoms with Crippen molar-refractivity contribution in [1.29, 1.82) is 0 Å². The molecule has 6 unspecified atom stereocenters. The first-order valence-corrected chi connectivity index (χ1v) is 9.53. The molecule has 0 N–H and O–H groups in total. The van der Waals surface area contributed by atoms with Crippen LogP contribution in [0, 0.1) is 34.5 Å². The van der Waals surface area contributed by atoms with Crippen LogP contribution in [0.4, 0.5) is 0 Å². The molecule has 0 radical (unpaired) electrons. The fraction of sp³-hybridized carbons (Fsp3) is 0.762. The van der Waals surface area contributed by atoms with Gasteiger partial charge in [-0.25, -0.2) is 0 Å². The van der Waals surface area contributed by atoms with Crippen molar-refractivity contribution < 1.29 is 14.4 Å². The first-order chi connectivity index (χ1) is 11.3. The van der Waals surface area contributed by atoms with Crippen molar-refractivity contribution >= 4 is 17.3 Å². The monoisotopic (exact) mass is 328 g/mol. The normalized spacial score (nSPS) is 47.5. The molecule has 0 aromatic rings. The number of ketones is 3. The number of carbonyl (C=O) groups excluding carboxylic acids is 3. The fourth-order valence-corrected chi connectivity index (χ4v) is 6.80. The molecule has 6 atom stereocenters. The summed E-state index contributed by atoms with van der Waals surface area (Å²) >= 11 is 0. The molecule has 3 heteroatoms. The third-order valence-corrected chi connectivity index (χ3v) is 8.14. The molecule has 3 fully saturated rings. The summed E-state index contributed by atoms with van der Waals surface area (Å²) in [4.78, 5) is 36.9. The number of allylic oxidation sites excluding steroid dienone is 2. The second kappa shape index (κ2) is 5.12. The molecule has 0 spiro atoms. The molecule has 0 aliphatic heterocycles. The van der Waals surface area contributed by atoms with Crippen molar-refractivity contribution in [1.82, 2.24) is 0 Å². The van der Waals surface area contributed by atoms with Crippen molar-refractivity contribution in [2.75, 3.05) is 0 Å². The lowest BCUT2D eigenvalue weighted by Crippen LogP contribution is -2.51. The van der Waals surface area contributed by atoms with E-state index >= 15 is 0 Å². The largest absolute Gasteiger partial charge is 0.300 e. The smallest absolute Gasteiger partial charge is 0.137 e. The second-order valence-electron chi connectivity index (χ2n) is 9.21. The summed E-state index contributed by atoms with van der Waals surface area (Å²) in [6.45, 7) is 6.22. The maximum Gasteiger partial charge on any atom is 0.137 e. The summed E-state index contributed by atoms with van der Waals surface area (Å²) in [5, 5.41) is 0. The van der Waals surface area contributed by atoms with E-state index in [9.17, 15) is 14.4 Å². The number of hydrogen-bond donors (Lipinski definition) is 0. The molecule has 0 amide bonds. The highest BCUT2D eigenvalue weighted by molar-refractivity contribution is 5.92. The Hall–Kier alpha value is -1.25. The lowest BCUT2D eigenvalue weighted by molar-refractivity contribution is -0.139. The van der Waals surface area contributed by atoms with Crippen molar-refractivity contribution in [3.63, 3.8) is 0 Å².